The van der Waals surface area contributed by atoms with E-state index in [0.29, 0.717) is 5.56 Å². The number of aryl methyl sites for hydroxylation is 2. The van der Waals surface area contributed by atoms with Gasteiger partial charge in [-0.1, -0.05) is 29.8 Å². The zero-order valence-electron chi connectivity index (χ0n) is 13.2. The van der Waals surface area contributed by atoms with Crippen LogP contribution in [0.1, 0.15) is 27.0 Å². The van der Waals surface area contributed by atoms with Crippen LogP contribution in [0, 0.1) is 13.8 Å². The number of hydrogen-bond acceptors (Lipinski definition) is 3. The summed E-state index contributed by atoms with van der Waals surface area (Å²) in [4.78, 5) is 12.2. The van der Waals surface area contributed by atoms with Crippen molar-refractivity contribution in [1.29, 1.82) is 0 Å². The third kappa shape index (κ3) is 3.48. The molecule has 2 aromatic carbocycles. The van der Waals surface area contributed by atoms with Crippen LogP contribution in [-0.2, 0) is 11.3 Å². The molecule has 0 saturated heterocycles. The van der Waals surface area contributed by atoms with Crippen molar-refractivity contribution in [3.8, 4) is 5.69 Å². The molecule has 0 spiro atoms. The highest BCUT2D eigenvalue weighted by molar-refractivity contribution is 5.91. The van der Waals surface area contributed by atoms with Gasteiger partial charge < -0.3 is 4.74 Å². The molecule has 4 nitrogen and oxygen atoms in total. The van der Waals surface area contributed by atoms with Crippen molar-refractivity contribution in [3.63, 3.8) is 0 Å². The summed E-state index contributed by atoms with van der Waals surface area (Å²) >= 11 is 0. The molecule has 1 heterocycles. The average Bonchev–Trinajstić information content (AvgIpc) is 3.07. The number of aromatic nitrogens is 2. The predicted octanol–water partition coefficient (Wildman–Crippen LogP) is 3.85. The van der Waals surface area contributed by atoms with E-state index in [-0.39, 0.29) is 12.6 Å². The summed E-state index contributed by atoms with van der Waals surface area (Å²) in [6.45, 7) is 4.18. The SMILES string of the molecule is Cc1ccc(C(=O)OCc2ccc(-n3cccn3)cc2)c(C)c1. The second-order valence-electron chi connectivity index (χ2n) is 5.51. The molecule has 0 aliphatic heterocycles. The minimum atomic E-state index is -0.293. The molecule has 0 fully saturated rings. The Kier molecular flexibility index (Phi) is 4.24. The second-order valence-corrected chi connectivity index (χ2v) is 5.51. The minimum Gasteiger partial charge on any atom is -0.457 e. The van der Waals surface area contributed by atoms with Crippen molar-refractivity contribution in [2.24, 2.45) is 0 Å². The maximum Gasteiger partial charge on any atom is 0.338 e. The highest BCUT2D eigenvalue weighted by Gasteiger charge is 2.10. The van der Waals surface area contributed by atoms with Gasteiger partial charge in [-0.15, -0.1) is 0 Å². The van der Waals surface area contributed by atoms with Crippen molar-refractivity contribution < 1.29 is 9.53 Å². The Morgan fingerprint density at radius 2 is 1.91 bits per heavy atom. The van der Waals surface area contributed by atoms with Gasteiger partial charge in [-0.25, -0.2) is 9.48 Å². The lowest BCUT2D eigenvalue weighted by molar-refractivity contribution is 0.0472. The number of hydrogen-bond donors (Lipinski definition) is 0. The van der Waals surface area contributed by atoms with Gasteiger partial charge in [0.2, 0.25) is 0 Å². The number of carbonyl (C=O) groups excluding carboxylic acids is 1. The Labute approximate surface area is 135 Å². The van der Waals surface area contributed by atoms with Gasteiger partial charge in [0.25, 0.3) is 0 Å². The maximum absolute atomic E-state index is 12.2. The van der Waals surface area contributed by atoms with Crippen LogP contribution in [0.15, 0.2) is 60.9 Å². The highest BCUT2D eigenvalue weighted by Crippen LogP contribution is 2.14. The first-order valence-corrected chi connectivity index (χ1v) is 7.47. The van der Waals surface area contributed by atoms with Gasteiger partial charge in [0.15, 0.2) is 0 Å². The van der Waals surface area contributed by atoms with Gasteiger partial charge in [0, 0.05) is 12.4 Å². The fourth-order valence-corrected chi connectivity index (χ4v) is 2.44. The molecule has 0 amide bonds. The van der Waals surface area contributed by atoms with Crippen molar-refractivity contribution in [2.75, 3.05) is 0 Å². The molecule has 23 heavy (non-hydrogen) atoms. The topological polar surface area (TPSA) is 44.1 Å². The van der Waals surface area contributed by atoms with E-state index in [4.69, 9.17) is 4.74 Å². The standard InChI is InChI=1S/C19H18N2O2/c1-14-4-9-18(15(2)12-14)19(22)23-13-16-5-7-17(8-6-16)21-11-3-10-20-21/h3-12H,13H2,1-2H3. The van der Waals surface area contributed by atoms with E-state index in [2.05, 4.69) is 5.10 Å². The molecule has 0 aliphatic carbocycles. The Morgan fingerprint density at radius 3 is 2.57 bits per heavy atom. The first-order chi connectivity index (χ1) is 11.1. The summed E-state index contributed by atoms with van der Waals surface area (Å²) in [7, 11) is 0. The van der Waals surface area contributed by atoms with Crippen LogP contribution in [0.5, 0.6) is 0 Å². The molecule has 0 bridgehead atoms. The molecule has 0 atom stereocenters. The lowest BCUT2D eigenvalue weighted by atomic mass is 10.1. The van der Waals surface area contributed by atoms with Crippen molar-refractivity contribution in [1.82, 2.24) is 9.78 Å². The molecular weight excluding hydrogens is 288 g/mol. The summed E-state index contributed by atoms with van der Waals surface area (Å²) < 4.78 is 7.19. The smallest absolute Gasteiger partial charge is 0.338 e. The predicted molar refractivity (Wildman–Crippen MR) is 88.6 cm³/mol. The van der Waals surface area contributed by atoms with Crippen molar-refractivity contribution in [2.45, 2.75) is 20.5 Å². The zero-order chi connectivity index (χ0) is 16.2. The molecule has 1 aromatic heterocycles. The summed E-state index contributed by atoms with van der Waals surface area (Å²) in [6, 6.07) is 15.4. The van der Waals surface area contributed by atoms with Gasteiger partial charge in [-0.2, -0.15) is 5.10 Å². The average molecular weight is 306 g/mol. The van der Waals surface area contributed by atoms with Crippen LogP contribution in [0.25, 0.3) is 5.69 Å². The largest absolute Gasteiger partial charge is 0.457 e. The molecule has 0 aliphatic rings. The third-order valence-electron chi connectivity index (χ3n) is 3.68. The molecule has 0 radical (unpaired) electrons. The molecule has 0 N–H and O–H groups in total. The number of carbonyl (C=O) groups is 1. The van der Waals surface area contributed by atoms with Crippen LogP contribution in [0.3, 0.4) is 0 Å². The van der Waals surface area contributed by atoms with E-state index in [1.54, 1.807) is 10.9 Å². The first-order valence-electron chi connectivity index (χ1n) is 7.47. The molecule has 0 unspecified atom stereocenters. The van der Waals surface area contributed by atoms with E-state index < -0.39 is 0 Å². The molecule has 3 rings (SSSR count). The molecule has 3 aromatic rings. The highest BCUT2D eigenvalue weighted by atomic mass is 16.5. The Balaban J connectivity index is 1.65. The fraction of sp³-hybridized carbons (Fsp3) is 0.158. The van der Waals surface area contributed by atoms with Crippen LogP contribution >= 0.6 is 0 Å². The molecular formula is C19H18N2O2. The normalized spacial score (nSPS) is 10.5. The van der Waals surface area contributed by atoms with Gasteiger partial charge in [-0.05, 0) is 49.2 Å². The third-order valence-corrected chi connectivity index (χ3v) is 3.68. The van der Waals surface area contributed by atoms with Crippen LogP contribution in [0.2, 0.25) is 0 Å². The van der Waals surface area contributed by atoms with Gasteiger partial charge >= 0.3 is 5.97 Å². The summed E-state index contributed by atoms with van der Waals surface area (Å²) in [5.74, 6) is -0.293. The van der Waals surface area contributed by atoms with E-state index in [9.17, 15) is 4.79 Å². The number of esters is 1. The van der Waals surface area contributed by atoms with E-state index in [1.807, 2.05) is 68.6 Å². The number of nitrogens with zero attached hydrogens (tertiary/aromatic N) is 2. The van der Waals surface area contributed by atoms with Crippen LogP contribution in [0.4, 0.5) is 0 Å². The van der Waals surface area contributed by atoms with Crippen molar-refractivity contribution >= 4 is 5.97 Å². The maximum atomic E-state index is 12.2. The quantitative estimate of drug-likeness (QED) is 0.688. The van der Waals surface area contributed by atoms with Crippen LogP contribution in [-0.4, -0.2) is 15.7 Å². The lowest BCUT2D eigenvalue weighted by Crippen LogP contribution is -2.07. The molecule has 0 saturated carbocycles. The summed E-state index contributed by atoms with van der Waals surface area (Å²) in [6.07, 6.45) is 3.62. The number of ether oxygens (including phenoxy) is 1. The Bertz CT molecular complexity index is 806. The lowest BCUT2D eigenvalue weighted by Gasteiger charge is -2.08. The minimum absolute atomic E-state index is 0.255. The molecule has 4 heteroatoms. The summed E-state index contributed by atoms with van der Waals surface area (Å²) in [5, 5.41) is 4.18. The fourth-order valence-electron chi connectivity index (χ4n) is 2.44. The molecule has 116 valence electrons. The van der Waals surface area contributed by atoms with Crippen molar-refractivity contribution in [3.05, 3.63) is 83.2 Å². The van der Waals surface area contributed by atoms with Gasteiger partial charge in [0.05, 0.1) is 11.3 Å². The van der Waals surface area contributed by atoms with E-state index in [1.165, 1.54) is 0 Å². The van der Waals surface area contributed by atoms with Gasteiger partial charge in [0.1, 0.15) is 6.61 Å². The van der Waals surface area contributed by atoms with Gasteiger partial charge in [-0.3, -0.25) is 0 Å². The van der Waals surface area contributed by atoms with E-state index >= 15 is 0 Å². The second kappa shape index (κ2) is 6.48. The Morgan fingerprint density at radius 1 is 1.13 bits per heavy atom. The zero-order valence-corrected chi connectivity index (χ0v) is 13.2. The number of rotatable bonds is 4. The Hall–Kier alpha value is -2.88. The first kappa shape index (κ1) is 15.0. The van der Waals surface area contributed by atoms with Crippen LogP contribution < -0.4 is 0 Å². The number of benzene rings is 2. The monoisotopic (exact) mass is 306 g/mol. The summed E-state index contributed by atoms with van der Waals surface area (Å²) in [5.41, 5.74) is 4.60. The van der Waals surface area contributed by atoms with E-state index in [0.717, 1.165) is 22.4 Å².